The monoisotopic (exact) mass is 191 g/mol. The van der Waals surface area contributed by atoms with Crippen LogP contribution < -0.4 is 4.31 Å². The van der Waals surface area contributed by atoms with Gasteiger partial charge in [-0.3, -0.25) is 0 Å². The summed E-state index contributed by atoms with van der Waals surface area (Å²) in [4.78, 5) is 0. The second kappa shape index (κ2) is 3.29. The van der Waals surface area contributed by atoms with Crippen molar-refractivity contribution in [3.8, 4) is 6.19 Å². The fraction of sp³-hybridized carbons (Fsp3) is 0.222. The Morgan fingerprint density at radius 3 is 3.00 bits per heavy atom. The van der Waals surface area contributed by atoms with E-state index in [9.17, 15) is 0 Å². The highest BCUT2D eigenvalue weighted by molar-refractivity contribution is 7.98. The maximum atomic E-state index is 8.88. The van der Waals surface area contributed by atoms with Crippen molar-refractivity contribution in [3.05, 3.63) is 29.8 Å². The number of anilines is 1. The third kappa shape index (κ3) is 1.48. The van der Waals surface area contributed by atoms with Gasteiger partial charge >= 0.3 is 0 Å². The first-order valence-corrected chi connectivity index (χ1v) is 4.71. The molecule has 0 radical (unpaired) electrons. The molecule has 0 amide bonds. The van der Waals surface area contributed by atoms with Crippen molar-refractivity contribution in [3.63, 3.8) is 0 Å². The Morgan fingerprint density at radius 1 is 1.46 bits per heavy atom. The lowest BCUT2D eigenvalue weighted by atomic mass is 10.2. The Kier molecular flexibility index (Phi) is 2.13. The lowest BCUT2D eigenvalue weighted by molar-refractivity contribution is 0.558. The van der Waals surface area contributed by atoms with Crippen LogP contribution in [0, 0.1) is 11.5 Å². The van der Waals surface area contributed by atoms with E-state index in [1.165, 1.54) is 17.7 Å². The van der Waals surface area contributed by atoms with Gasteiger partial charge in [0.15, 0.2) is 6.19 Å². The highest BCUT2D eigenvalue weighted by Crippen LogP contribution is 2.33. The molecule has 0 N–H and O–H groups in total. The molecule has 1 aromatic rings. The van der Waals surface area contributed by atoms with E-state index in [0.29, 0.717) is 0 Å². The summed E-state index contributed by atoms with van der Waals surface area (Å²) in [5, 5.41) is 8.88. The predicted molar refractivity (Wildman–Crippen MR) is 53.6 cm³/mol. The van der Waals surface area contributed by atoms with Crippen molar-refractivity contribution < 1.29 is 0 Å². The summed E-state index contributed by atoms with van der Waals surface area (Å²) in [5.74, 6) is 0. The van der Waals surface area contributed by atoms with Crippen LogP contribution >= 0.6 is 12.1 Å². The SMILES string of the molecule is CN1Cc2ccccc2N(C#N)S1. The van der Waals surface area contributed by atoms with Crippen LogP contribution in [0.2, 0.25) is 0 Å². The molecule has 4 heteroatoms. The van der Waals surface area contributed by atoms with Gasteiger partial charge in [0.1, 0.15) is 0 Å². The predicted octanol–water partition coefficient (Wildman–Crippen LogP) is 1.98. The number of nitriles is 1. The number of rotatable bonds is 0. The Balaban J connectivity index is 2.44. The minimum atomic E-state index is 0.888. The third-order valence-electron chi connectivity index (χ3n) is 1.92. The van der Waals surface area contributed by atoms with E-state index in [0.717, 1.165) is 12.2 Å². The van der Waals surface area contributed by atoms with Crippen molar-refractivity contribution in [2.24, 2.45) is 0 Å². The highest BCUT2D eigenvalue weighted by Gasteiger charge is 2.20. The maximum absolute atomic E-state index is 8.88. The summed E-state index contributed by atoms with van der Waals surface area (Å²) in [7, 11) is 1.98. The normalized spacial score (nSPS) is 16.5. The van der Waals surface area contributed by atoms with Crippen LogP contribution in [-0.4, -0.2) is 11.4 Å². The van der Waals surface area contributed by atoms with Crippen molar-refractivity contribution in [2.75, 3.05) is 11.4 Å². The molecule has 1 aliphatic heterocycles. The molecule has 0 aliphatic carbocycles. The van der Waals surface area contributed by atoms with Gasteiger partial charge in [0.05, 0.1) is 17.8 Å². The van der Waals surface area contributed by atoms with Crippen LogP contribution in [0.5, 0.6) is 0 Å². The van der Waals surface area contributed by atoms with E-state index in [1.807, 2.05) is 29.6 Å². The first-order chi connectivity index (χ1) is 6.31. The average Bonchev–Trinajstić information content (AvgIpc) is 2.16. The number of hydrogen-bond acceptors (Lipinski definition) is 4. The van der Waals surface area contributed by atoms with E-state index >= 15 is 0 Å². The summed E-state index contributed by atoms with van der Waals surface area (Å²) >= 11 is 1.43. The first kappa shape index (κ1) is 8.42. The molecule has 0 saturated heterocycles. The lowest BCUT2D eigenvalue weighted by Crippen LogP contribution is -2.24. The molecular formula is C9H9N3S. The van der Waals surface area contributed by atoms with Gasteiger partial charge in [-0.15, -0.1) is 0 Å². The number of nitrogens with zero attached hydrogens (tertiary/aromatic N) is 3. The summed E-state index contributed by atoms with van der Waals surface area (Å²) in [6.45, 7) is 0.888. The Labute approximate surface area is 81.8 Å². The van der Waals surface area contributed by atoms with Gasteiger partial charge in [0.25, 0.3) is 0 Å². The fourth-order valence-corrected chi connectivity index (χ4v) is 2.15. The lowest BCUT2D eigenvalue weighted by Gasteiger charge is -2.29. The van der Waals surface area contributed by atoms with Crippen LogP contribution in [0.1, 0.15) is 5.56 Å². The number of para-hydroxylation sites is 1. The molecule has 0 saturated carbocycles. The third-order valence-corrected chi connectivity index (χ3v) is 2.76. The van der Waals surface area contributed by atoms with Gasteiger partial charge in [0.2, 0.25) is 0 Å². The van der Waals surface area contributed by atoms with Crippen molar-refractivity contribution in [1.29, 1.82) is 5.26 Å². The molecule has 0 atom stereocenters. The highest BCUT2D eigenvalue weighted by atomic mass is 32.2. The van der Waals surface area contributed by atoms with Crippen molar-refractivity contribution in [2.45, 2.75) is 6.54 Å². The van der Waals surface area contributed by atoms with Crippen LogP contribution in [-0.2, 0) is 6.54 Å². The largest absolute Gasteiger partial charge is 0.230 e. The topological polar surface area (TPSA) is 30.3 Å². The fourth-order valence-electron chi connectivity index (χ4n) is 1.37. The summed E-state index contributed by atoms with van der Waals surface area (Å²) in [6, 6.07) is 7.97. The summed E-state index contributed by atoms with van der Waals surface area (Å²) in [6.07, 6.45) is 2.15. The number of fused-ring (bicyclic) bond motifs is 1. The molecule has 0 unspecified atom stereocenters. The molecule has 0 spiro atoms. The molecule has 0 fully saturated rings. The van der Waals surface area contributed by atoms with Crippen molar-refractivity contribution in [1.82, 2.24) is 4.31 Å². The Bertz CT molecular complexity index is 358. The average molecular weight is 191 g/mol. The zero-order valence-corrected chi connectivity index (χ0v) is 8.08. The van der Waals surface area contributed by atoms with Gasteiger partial charge in [-0.25, -0.2) is 8.61 Å². The van der Waals surface area contributed by atoms with Gasteiger partial charge in [-0.1, -0.05) is 18.2 Å². The molecule has 1 aliphatic rings. The smallest absolute Gasteiger partial charge is 0.196 e. The second-order valence-electron chi connectivity index (χ2n) is 2.89. The quantitative estimate of drug-likeness (QED) is 0.463. The second-order valence-corrected chi connectivity index (χ2v) is 4.04. The summed E-state index contributed by atoms with van der Waals surface area (Å²) < 4.78 is 3.66. The van der Waals surface area contributed by atoms with Gasteiger partial charge in [-0.05, 0) is 18.7 Å². The Hall–Kier alpha value is -1.18. The Morgan fingerprint density at radius 2 is 2.23 bits per heavy atom. The van der Waals surface area contributed by atoms with Crippen LogP contribution in [0.15, 0.2) is 24.3 Å². The van der Waals surface area contributed by atoms with E-state index < -0.39 is 0 Å². The molecule has 1 aromatic carbocycles. The van der Waals surface area contributed by atoms with Crippen LogP contribution in [0.3, 0.4) is 0 Å². The molecular weight excluding hydrogens is 182 g/mol. The van der Waals surface area contributed by atoms with Crippen LogP contribution in [0.25, 0.3) is 0 Å². The van der Waals surface area contributed by atoms with E-state index in [1.54, 1.807) is 4.31 Å². The first-order valence-electron chi connectivity index (χ1n) is 3.98. The molecule has 0 aromatic heterocycles. The summed E-state index contributed by atoms with van der Waals surface area (Å²) in [5.41, 5.74) is 2.21. The molecule has 66 valence electrons. The molecule has 1 heterocycles. The zero-order valence-electron chi connectivity index (χ0n) is 7.27. The minimum Gasteiger partial charge on any atom is -0.230 e. The van der Waals surface area contributed by atoms with Crippen LogP contribution in [0.4, 0.5) is 5.69 Å². The van der Waals surface area contributed by atoms with Gasteiger partial charge < -0.3 is 0 Å². The molecule has 2 rings (SSSR count). The molecule has 0 bridgehead atoms. The maximum Gasteiger partial charge on any atom is 0.196 e. The zero-order chi connectivity index (χ0) is 9.26. The van der Waals surface area contributed by atoms with E-state index in [-0.39, 0.29) is 0 Å². The number of hydrogen-bond donors (Lipinski definition) is 0. The number of benzene rings is 1. The molecule has 3 nitrogen and oxygen atoms in total. The minimum absolute atomic E-state index is 0.888. The van der Waals surface area contributed by atoms with Gasteiger partial charge in [0, 0.05) is 6.54 Å². The van der Waals surface area contributed by atoms with Gasteiger partial charge in [-0.2, -0.15) is 5.26 Å². The standard InChI is InChI=1S/C9H9N3S/c1-11-6-8-4-2-3-5-9(8)12(7-10)13-11/h2-5H,6H2,1H3. The van der Waals surface area contributed by atoms with E-state index in [2.05, 4.69) is 12.3 Å². The molecule has 13 heavy (non-hydrogen) atoms. The van der Waals surface area contributed by atoms with E-state index in [4.69, 9.17) is 5.26 Å². The van der Waals surface area contributed by atoms with Crippen molar-refractivity contribution >= 4 is 17.8 Å².